The summed E-state index contributed by atoms with van der Waals surface area (Å²) in [6.45, 7) is 7.01. The number of hydrogen-bond acceptors (Lipinski definition) is 1. The summed E-state index contributed by atoms with van der Waals surface area (Å²) in [5.74, 6) is 0. The van der Waals surface area contributed by atoms with Crippen molar-refractivity contribution >= 4 is 15.9 Å². The van der Waals surface area contributed by atoms with Crippen LogP contribution in [0, 0.1) is 5.41 Å². The maximum absolute atomic E-state index is 6.41. The highest BCUT2D eigenvalue weighted by molar-refractivity contribution is 9.09. The summed E-state index contributed by atoms with van der Waals surface area (Å²) in [7, 11) is 0. The molecule has 2 atom stereocenters. The van der Waals surface area contributed by atoms with Crippen molar-refractivity contribution in [2.45, 2.75) is 88.7 Å². The van der Waals surface area contributed by atoms with Crippen molar-refractivity contribution in [2.24, 2.45) is 5.41 Å². The second-order valence-electron chi connectivity index (χ2n) is 7.02. The number of rotatable bonds is 4. The summed E-state index contributed by atoms with van der Waals surface area (Å²) in [5.41, 5.74) is 0.707. The molecule has 0 bridgehead atoms. The van der Waals surface area contributed by atoms with E-state index in [1.165, 1.54) is 51.4 Å². The van der Waals surface area contributed by atoms with Gasteiger partial charge in [-0.15, -0.1) is 0 Å². The third kappa shape index (κ3) is 3.70. The quantitative estimate of drug-likeness (QED) is 0.659. The van der Waals surface area contributed by atoms with Gasteiger partial charge in [0, 0.05) is 4.83 Å². The molecule has 0 aromatic carbocycles. The number of halogens is 1. The molecule has 0 radical (unpaired) electrons. The Hall–Kier alpha value is 0.440. The van der Waals surface area contributed by atoms with E-state index >= 15 is 0 Å². The summed E-state index contributed by atoms with van der Waals surface area (Å²) < 4.78 is 6.41. The Morgan fingerprint density at radius 1 is 1.29 bits per heavy atom. The van der Waals surface area contributed by atoms with Crippen LogP contribution in [0.2, 0.25) is 0 Å². The Kier molecular flexibility index (Phi) is 4.24. The molecular weight excluding hydrogens is 276 g/mol. The van der Waals surface area contributed by atoms with Gasteiger partial charge in [-0.25, -0.2) is 0 Å². The van der Waals surface area contributed by atoms with Crippen LogP contribution in [0.15, 0.2) is 0 Å². The third-order valence-corrected chi connectivity index (χ3v) is 4.79. The monoisotopic (exact) mass is 302 g/mol. The predicted octanol–water partition coefficient (Wildman–Crippen LogP) is 5.07. The molecule has 0 aromatic heterocycles. The molecule has 0 N–H and O–H groups in total. The molecule has 2 unspecified atom stereocenters. The standard InChI is InChI=1S/C15H27BrO/c1-12(16)10-14(2,3)11-13-6-9-15(17-13)7-4-5-8-15/h12-13H,4-11H2,1-3H3. The number of hydrogen-bond donors (Lipinski definition) is 0. The summed E-state index contributed by atoms with van der Waals surface area (Å²) in [6.07, 6.45) is 11.0. The first-order chi connectivity index (χ1) is 7.91. The van der Waals surface area contributed by atoms with E-state index in [1.807, 2.05) is 0 Å². The minimum atomic E-state index is 0.306. The highest BCUT2D eigenvalue weighted by Gasteiger charge is 2.43. The van der Waals surface area contributed by atoms with E-state index in [-0.39, 0.29) is 0 Å². The van der Waals surface area contributed by atoms with E-state index in [0.717, 1.165) is 0 Å². The SMILES string of the molecule is CC(Br)CC(C)(C)CC1CCC2(CCCC2)O1. The van der Waals surface area contributed by atoms with E-state index in [4.69, 9.17) is 4.74 Å². The summed E-state index contributed by atoms with van der Waals surface area (Å²) in [4.78, 5) is 0.611. The highest BCUT2D eigenvalue weighted by Crippen LogP contribution is 2.46. The van der Waals surface area contributed by atoms with Gasteiger partial charge >= 0.3 is 0 Å². The van der Waals surface area contributed by atoms with Crippen molar-refractivity contribution in [1.82, 2.24) is 0 Å². The number of alkyl halides is 1. The van der Waals surface area contributed by atoms with Crippen LogP contribution in [0.25, 0.3) is 0 Å². The minimum Gasteiger partial charge on any atom is -0.372 e. The Labute approximate surface area is 115 Å². The molecule has 1 aliphatic heterocycles. The van der Waals surface area contributed by atoms with Gasteiger partial charge in [-0.05, 0) is 43.9 Å². The van der Waals surface area contributed by atoms with Crippen LogP contribution in [0.5, 0.6) is 0 Å². The molecule has 1 spiro atoms. The Bertz CT molecular complexity index is 254. The zero-order valence-corrected chi connectivity index (χ0v) is 13.2. The smallest absolute Gasteiger partial charge is 0.0687 e. The van der Waals surface area contributed by atoms with Gasteiger partial charge < -0.3 is 4.74 Å². The van der Waals surface area contributed by atoms with Crippen molar-refractivity contribution < 1.29 is 4.74 Å². The fourth-order valence-corrected chi connectivity index (χ4v) is 4.76. The molecule has 1 aliphatic carbocycles. The highest BCUT2D eigenvalue weighted by atomic mass is 79.9. The first-order valence-corrected chi connectivity index (χ1v) is 8.14. The molecule has 1 heterocycles. The maximum atomic E-state index is 6.41. The molecule has 2 rings (SSSR count). The van der Waals surface area contributed by atoms with Crippen molar-refractivity contribution in [3.8, 4) is 0 Å². The van der Waals surface area contributed by atoms with Crippen LogP contribution < -0.4 is 0 Å². The lowest BCUT2D eigenvalue weighted by Gasteiger charge is -2.31. The minimum absolute atomic E-state index is 0.306. The van der Waals surface area contributed by atoms with Crippen molar-refractivity contribution in [3.05, 3.63) is 0 Å². The normalized spacial score (nSPS) is 30.0. The van der Waals surface area contributed by atoms with Gasteiger partial charge in [-0.2, -0.15) is 0 Å². The molecule has 17 heavy (non-hydrogen) atoms. The molecule has 0 aromatic rings. The fraction of sp³-hybridized carbons (Fsp3) is 1.00. The van der Waals surface area contributed by atoms with E-state index in [9.17, 15) is 0 Å². The Morgan fingerprint density at radius 3 is 2.53 bits per heavy atom. The molecule has 1 saturated carbocycles. The first kappa shape index (κ1) is 13.9. The van der Waals surface area contributed by atoms with Crippen LogP contribution in [-0.4, -0.2) is 16.5 Å². The summed E-state index contributed by atoms with van der Waals surface area (Å²) in [6, 6.07) is 0. The van der Waals surface area contributed by atoms with Gasteiger partial charge in [-0.3, -0.25) is 0 Å². The first-order valence-electron chi connectivity index (χ1n) is 7.23. The van der Waals surface area contributed by atoms with E-state index in [0.29, 0.717) is 21.9 Å². The molecular formula is C15H27BrO. The van der Waals surface area contributed by atoms with Crippen LogP contribution in [0.1, 0.15) is 72.1 Å². The van der Waals surface area contributed by atoms with E-state index in [1.54, 1.807) is 0 Å². The lowest BCUT2D eigenvalue weighted by molar-refractivity contribution is -0.0509. The van der Waals surface area contributed by atoms with Crippen LogP contribution >= 0.6 is 15.9 Å². The summed E-state index contributed by atoms with van der Waals surface area (Å²) in [5, 5.41) is 0. The van der Waals surface area contributed by atoms with Gasteiger partial charge in [0.05, 0.1) is 11.7 Å². The number of ether oxygens (including phenoxy) is 1. The van der Waals surface area contributed by atoms with Gasteiger partial charge in [0.1, 0.15) is 0 Å². The second kappa shape index (κ2) is 5.21. The summed E-state index contributed by atoms with van der Waals surface area (Å²) >= 11 is 3.68. The largest absolute Gasteiger partial charge is 0.372 e. The van der Waals surface area contributed by atoms with Crippen LogP contribution in [-0.2, 0) is 4.74 Å². The van der Waals surface area contributed by atoms with Gasteiger partial charge in [0.15, 0.2) is 0 Å². The second-order valence-corrected chi connectivity index (χ2v) is 8.59. The van der Waals surface area contributed by atoms with E-state index < -0.39 is 0 Å². The topological polar surface area (TPSA) is 9.23 Å². The molecule has 1 nitrogen and oxygen atoms in total. The maximum Gasteiger partial charge on any atom is 0.0687 e. The van der Waals surface area contributed by atoms with Crippen molar-refractivity contribution in [3.63, 3.8) is 0 Å². The van der Waals surface area contributed by atoms with Crippen molar-refractivity contribution in [1.29, 1.82) is 0 Å². The van der Waals surface area contributed by atoms with Gasteiger partial charge in [0.2, 0.25) is 0 Å². The molecule has 2 fully saturated rings. The zero-order chi connectivity index (χ0) is 12.5. The molecule has 2 aliphatic rings. The van der Waals surface area contributed by atoms with E-state index in [2.05, 4.69) is 36.7 Å². The fourth-order valence-electron chi connectivity index (χ4n) is 3.89. The van der Waals surface area contributed by atoms with Crippen LogP contribution in [0.4, 0.5) is 0 Å². The van der Waals surface area contributed by atoms with Gasteiger partial charge in [0.25, 0.3) is 0 Å². The Morgan fingerprint density at radius 2 is 1.94 bits per heavy atom. The molecule has 100 valence electrons. The average molecular weight is 303 g/mol. The van der Waals surface area contributed by atoms with Crippen LogP contribution in [0.3, 0.4) is 0 Å². The molecule has 1 saturated heterocycles. The lowest BCUT2D eigenvalue weighted by Crippen LogP contribution is -2.28. The van der Waals surface area contributed by atoms with Crippen molar-refractivity contribution in [2.75, 3.05) is 0 Å². The molecule has 0 amide bonds. The zero-order valence-electron chi connectivity index (χ0n) is 11.6. The average Bonchev–Trinajstić information content (AvgIpc) is 2.75. The molecule has 2 heteroatoms. The van der Waals surface area contributed by atoms with Gasteiger partial charge in [-0.1, -0.05) is 49.5 Å². The third-order valence-electron chi connectivity index (χ3n) is 4.47. The predicted molar refractivity (Wildman–Crippen MR) is 76.7 cm³/mol. The lowest BCUT2D eigenvalue weighted by atomic mass is 9.82. The Balaban J connectivity index is 1.84.